The number of carbonyl (C=O) groups is 2. The quantitative estimate of drug-likeness (QED) is 0.723. The van der Waals surface area contributed by atoms with Crippen LogP contribution in [0.1, 0.15) is 34.5 Å². The molecular weight excluding hydrogens is 348 g/mol. The van der Waals surface area contributed by atoms with Crippen molar-refractivity contribution in [2.75, 3.05) is 18.7 Å². The van der Waals surface area contributed by atoms with E-state index in [1.54, 1.807) is 47.0 Å². The Morgan fingerprint density at radius 3 is 2.85 bits per heavy atom. The fourth-order valence-corrected chi connectivity index (χ4v) is 2.85. The number of carbonyl (C=O) groups excluding carboxylic acids is 2. The first-order valence-corrected chi connectivity index (χ1v) is 8.63. The van der Waals surface area contributed by atoms with E-state index in [2.05, 4.69) is 15.6 Å². The van der Waals surface area contributed by atoms with Gasteiger partial charge in [0, 0.05) is 24.5 Å². The molecule has 8 heteroatoms. The number of benzene rings is 1. The smallest absolute Gasteiger partial charge is 0.292 e. The minimum Gasteiger partial charge on any atom is -0.454 e. The Morgan fingerprint density at radius 2 is 2.00 bits per heavy atom. The van der Waals surface area contributed by atoms with Gasteiger partial charge in [-0.05, 0) is 30.7 Å². The van der Waals surface area contributed by atoms with Crippen LogP contribution in [0.15, 0.2) is 42.6 Å². The Balaban J connectivity index is 1.64. The van der Waals surface area contributed by atoms with Crippen molar-refractivity contribution in [1.29, 1.82) is 0 Å². The molecule has 138 valence electrons. The van der Waals surface area contributed by atoms with E-state index >= 15 is 0 Å². The predicted octanol–water partition coefficient (Wildman–Crippen LogP) is 2.46. The van der Waals surface area contributed by atoms with Gasteiger partial charge in [0.05, 0.1) is 5.52 Å². The number of nitrogens with one attached hydrogen (secondary N) is 2. The van der Waals surface area contributed by atoms with E-state index in [1.807, 2.05) is 6.92 Å². The minimum absolute atomic E-state index is 0.130. The van der Waals surface area contributed by atoms with E-state index in [9.17, 15) is 9.59 Å². The first kappa shape index (κ1) is 16.9. The van der Waals surface area contributed by atoms with Gasteiger partial charge in [-0.25, -0.2) is 4.98 Å². The summed E-state index contributed by atoms with van der Waals surface area (Å²) < 4.78 is 12.2. The van der Waals surface area contributed by atoms with E-state index in [-0.39, 0.29) is 24.2 Å². The number of anilines is 1. The van der Waals surface area contributed by atoms with Crippen LogP contribution in [0, 0.1) is 0 Å². The van der Waals surface area contributed by atoms with Crippen LogP contribution in [-0.2, 0) is 0 Å². The van der Waals surface area contributed by atoms with Gasteiger partial charge in [0.15, 0.2) is 17.2 Å². The molecule has 0 saturated carbocycles. The van der Waals surface area contributed by atoms with Crippen molar-refractivity contribution in [2.24, 2.45) is 0 Å². The van der Waals surface area contributed by atoms with Gasteiger partial charge in [0.1, 0.15) is 0 Å². The third-order valence-electron chi connectivity index (χ3n) is 4.13. The largest absolute Gasteiger partial charge is 0.454 e. The van der Waals surface area contributed by atoms with Crippen molar-refractivity contribution < 1.29 is 19.1 Å². The van der Waals surface area contributed by atoms with Crippen molar-refractivity contribution in [2.45, 2.75) is 13.3 Å². The average Bonchev–Trinajstić information content (AvgIpc) is 3.30. The van der Waals surface area contributed by atoms with Gasteiger partial charge in [-0.3, -0.25) is 14.0 Å². The molecule has 0 saturated heterocycles. The topological polar surface area (TPSA) is 94.0 Å². The van der Waals surface area contributed by atoms with Crippen LogP contribution in [0.2, 0.25) is 0 Å². The molecule has 1 aliphatic heterocycles. The van der Waals surface area contributed by atoms with Crippen molar-refractivity contribution in [3.63, 3.8) is 0 Å². The van der Waals surface area contributed by atoms with Gasteiger partial charge in [-0.15, -0.1) is 0 Å². The summed E-state index contributed by atoms with van der Waals surface area (Å²) in [5.41, 5.74) is 1.34. The first-order chi connectivity index (χ1) is 13.2. The molecule has 1 aromatic carbocycles. The lowest BCUT2D eigenvalue weighted by Gasteiger charge is -2.05. The van der Waals surface area contributed by atoms with Gasteiger partial charge in [-0.2, -0.15) is 0 Å². The molecule has 0 radical (unpaired) electrons. The number of nitrogens with zero attached hydrogens (tertiary/aromatic N) is 2. The standard InChI is InChI=1S/C19H18N4O4/c1-2-8-20-18(24)16-13-5-3-4-9-23(13)17(22-16)19(25)21-12-6-7-14-15(10-12)27-11-26-14/h3-7,9-10H,2,8,11H2,1H3,(H,20,24)(H,21,25). The average molecular weight is 366 g/mol. The number of hydrogen-bond acceptors (Lipinski definition) is 5. The zero-order valence-electron chi connectivity index (χ0n) is 14.7. The highest BCUT2D eigenvalue weighted by atomic mass is 16.7. The Bertz CT molecular complexity index is 1030. The van der Waals surface area contributed by atoms with Crippen molar-refractivity contribution >= 4 is 23.0 Å². The van der Waals surface area contributed by atoms with Crippen LogP contribution >= 0.6 is 0 Å². The second kappa shape index (κ2) is 6.99. The number of rotatable bonds is 5. The predicted molar refractivity (Wildman–Crippen MR) is 98.3 cm³/mol. The van der Waals surface area contributed by atoms with Gasteiger partial charge in [0.2, 0.25) is 12.6 Å². The molecule has 27 heavy (non-hydrogen) atoms. The SMILES string of the molecule is CCCNC(=O)c1nc(C(=O)Nc2ccc3c(c2)OCO3)n2ccccc12. The minimum atomic E-state index is -0.426. The maximum absolute atomic E-state index is 12.8. The normalized spacial score (nSPS) is 12.2. The molecule has 0 atom stereocenters. The zero-order chi connectivity index (χ0) is 18.8. The summed E-state index contributed by atoms with van der Waals surface area (Å²) in [6, 6.07) is 10.5. The fourth-order valence-electron chi connectivity index (χ4n) is 2.85. The number of fused-ring (bicyclic) bond motifs is 2. The molecule has 0 aliphatic carbocycles. The Morgan fingerprint density at radius 1 is 1.15 bits per heavy atom. The van der Waals surface area contributed by atoms with Crippen LogP contribution in [0.5, 0.6) is 11.5 Å². The molecule has 1 aliphatic rings. The lowest BCUT2D eigenvalue weighted by atomic mass is 10.2. The van der Waals surface area contributed by atoms with Crippen molar-refractivity contribution in [3.05, 3.63) is 54.1 Å². The monoisotopic (exact) mass is 366 g/mol. The Labute approximate surface area is 155 Å². The summed E-state index contributed by atoms with van der Waals surface area (Å²) >= 11 is 0. The molecule has 0 spiro atoms. The third-order valence-corrected chi connectivity index (χ3v) is 4.13. The highest BCUT2D eigenvalue weighted by Gasteiger charge is 2.22. The first-order valence-electron chi connectivity index (χ1n) is 8.63. The van der Waals surface area contributed by atoms with Gasteiger partial charge in [-0.1, -0.05) is 13.0 Å². The molecule has 2 N–H and O–H groups in total. The Hall–Kier alpha value is -3.55. The number of amides is 2. The highest BCUT2D eigenvalue weighted by molar-refractivity contribution is 6.06. The maximum atomic E-state index is 12.8. The second-order valence-electron chi connectivity index (χ2n) is 6.02. The summed E-state index contributed by atoms with van der Waals surface area (Å²) in [6.07, 6.45) is 2.52. The number of hydrogen-bond donors (Lipinski definition) is 2. The summed E-state index contributed by atoms with van der Waals surface area (Å²) in [5.74, 6) is 0.603. The lowest BCUT2D eigenvalue weighted by molar-refractivity contribution is 0.0951. The number of ether oxygens (including phenoxy) is 2. The van der Waals surface area contributed by atoms with Gasteiger partial charge in [0.25, 0.3) is 11.8 Å². The molecular formula is C19H18N4O4. The van der Waals surface area contributed by atoms with E-state index in [4.69, 9.17) is 9.47 Å². The van der Waals surface area contributed by atoms with E-state index in [0.29, 0.717) is 29.2 Å². The summed E-state index contributed by atoms with van der Waals surface area (Å²) in [5, 5.41) is 5.58. The summed E-state index contributed by atoms with van der Waals surface area (Å²) in [6.45, 7) is 2.67. The zero-order valence-corrected chi connectivity index (χ0v) is 14.7. The van der Waals surface area contributed by atoms with Crippen LogP contribution in [0.25, 0.3) is 5.52 Å². The molecule has 8 nitrogen and oxygen atoms in total. The van der Waals surface area contributed by atoms with E-state index in [0.717, 1.165) is 6.42 Å². The molecule has 4 rings (SSSR count). The lowest BCUT2D eigenvalue weighted by Crippen LogP contribution is -2.24. The van der Waals surface area contributed by atoms with Crippen LogP contribution in [-0.4, -0.2) is 34.5 Å². The van der Waals surface area contributed by atoms with Gasteiger partial charge >= 0.3 is 0 Å². The molecule has 2 amide bonds. The summed E-state index contributed by atoms with van der Waals surface area (Å²) in [7, 11) is 0. The number of imidazole rings is 1. The molecule has 0 fully saturated rings. The van der Waals surface area contributed by atoms with Crippen LogP contribution in [0.3, 0.4) is 0 Å². The molecule has 3 aromatic rings. The summed E-state index contributed by atoms with van der Waals surface area (Å²) in [4.78, 5) is 29.5. The Kier molecular flexibility index (Phi) is 4.37. The van der Waals surface area contributed by atoms with Crippen LogP contribution < -0.4 is 20.1 Å². The number of aromatic nitrogens is 2. The van der Waals surface area contributed by atoms with E-state index in [1.165, 1.54) is 0 Å². The highest BCUT2D eigenvalue weighted by Crippen LogP contribution is 2.34. The molecule has 2 aromatic heterocycles. The van der Waals surface area contributed by atoms with Crippen molar-refractivity contribution in [3.8, 4) is 11.5 Å². The second-order valence-corrected chi connectivity index (χ2v) is 6.02. The molecule has 0 unspecified atom stereocenters. The van der Waals surface area contributed by atoms with Crippen molar-refractivity contribution in [1.82, 2.24) is 14.7 Å². The fraction of sp³-hybridized carbons (Fsp3) is 0.211. The number of pyridine rings is 1. The third kappa shape index (κ3) is 3.17. The van der Waals surface area contributed by atoms with Crippen LogP contribution in [0.4, 0.5) is 5.69 Å². The molecule has 0 bridgehead atoms. The van der Waals surface area contributed by atoms with E-state index < -0.39 is 5.91 Å². The molecule has 3 heterocycles. The van der Waals surface area contributed by atoms with Gasteiger partial charge < -0.3 is 20.1 Å². The maximum Gasteiger partial charge on any atom is 0.292 e.